The Bertz CT molecular complexity index is 1170. The number of fused-ring (bicyclic) bond motifs is 2. The van der Waals surface area contributed by atoms with Crippen molar-refractivity contribution in [2.75, 3.05) is 0 Å². The Kier molecular flexibility index (Phi) is 4.50. The number of hydrogen-bond donors (Lipinski definition) is 0. The Labute approximate surface area is 158 Å². The second-order valence-electron chi connectivity index (χ2n) is 6.26. The maximum absolute atomic E-state index is 13.6. The molecule has 9 heteroatoms. The smallest absolute Gasteiger partial charge is 0.338 e. The summed E-state index contributed by atoms with van der Waals surface area (Å²) in [5, 5.41) is 8.02. The van der Waals surface area contributed by atoms with Crippen molar-refractivity contribution in [1.29, 1.82) is 0 Å². The topological polar surface area (TPSA) is 74.8 Å². The molecule has 1 unspecified atom stereocenters. The van der Waals surface area contributed by atoms with Crippen LogP contribution in [-0.2, 0) is 11.3 Å². The minimum atomic E-state index is -2.80. The van der Waals surface area contributed by atoms with E-state index in [-0.39, 0.29) is 16.9 Å². The molecule has 4 aromatic rings. The standard InChI is InChI=1S/C19H17F2N5O2/c1-3-25-15-9-8-12(10-14(15)23-24-25)18(27)28-11(2)17-22-13-6-4-5-7-16(13)26(17)19(20)21/h4-11,19H,3H2,1-2H3. The number of nitrogens with zero attached hydrogens (tertiary/aromatic N) is 5. The molecule has 1 atom stereocenters. The van der Waals surface area contributed by atoms with Crippen LogP contribution < -0.4 is 0 Å². The molecule has 0 aliphatic heterocycles. The van der Waals surface area contributed by atoms with Crippen molar-refractivity contribution in [2.24, 2.45) is 0 Å². The van der Waals surface area contributed by atoms with E-state index in [1.807, 2.05) is 6.92 Å². The number of benzene rings is 2. The maximum Gasteiger partial charge on any atom is 0.338 e. The van der Waals surface area contributed by atoms with Gasteiger partial charge in [0.15, 0.2) is 11.9 Å². The predicted octanol–water partition coefficient (Wildman–Crippen LogP) is 4.11. The monoisotopic (exact) mass is 385 g/mol. The fourth-order valence-electron chi connectivity index (χ4n) is 3.17. The van der Waals surface area contributed by atoms with Crippen molar-refractivity contribution in [1.82, 2.24) is 24.5 Å². The molecule has 2 heterocycles. The van der Waals surface area contributed by atoms with Gasteiger partial charge in [-0.25, -0.2) is 14.5 Å². The van der Waals surface area contributed by atoms with Crippen LogP contribution in [0.4, 0.5) is 8.78 Å². The molecular weight excluding hydrogens is 368 g/mol. The molecule has 0 saturated heterocycles. The zero-order valence-electron chi connectivity index (χ0n) is 15.2. The fraction of sp³-hybridized carbons (Fsp3) is 0.263. The molecule has 4 rings (SSSR count). The second-order valence-corrected chi connectivity index (χ2v) is 6.26. The lowest BCUT2D eigenvalue weighted by Crippen LogP contribution is -2.14. The van der Waals surface area contributed by atoms with Gasteiger partial charge in [-0.3, -0.25) is 4.57 Å². The Morgan fingerprint density at radius 1 is 1.14 bits per heavy atom. The molecule has 2 aromatic carbocycles. The number of rotatable bonds is 5. The first kappa shape index (κ1) is 18.0. The molecule has 0 spiro atoms. The number of carbonyl (C=O) groups is 1. The van der Waals surface area contributed by atoms with Crippen molar-refractivity contribution in [3.05, 3.63) is 53.9 Å². The Hall–Kier alpha value is -3.36. The minimum absolute atomic E-state index is 0.0115. The first-order valence-electron chi connectivity index (χ1n) is 8.78. The fourth-order valence-corrected chi connectivity index (χ4v) is 3.17. The van der Waals surface area contributed by atoms with E-state index in [9.17, 15) is 13.6 Å². The van der Waals surface area contributed by atoms with Gasteiger partial charge in [0, 0.05) is 6.54 Å². The first-order chi connectivity index (χ1) is 13.5. The largest absolute Gasteiger partial charge is 0.451 e. The molecule has 7 nitrogen and oxygen atoms in total. The lowest BCUT2D eigenvalue weighted by Gasteiger charge is -2.15. The van der Waals surface area contributed by atoms with Gasteiger partial charge in [-0.1, -0.05) is 17.3 Å². The zero-order valence-corrected chi connectivity index (χ0v) is 15.2. The highest BCUT2D eigenvalue weighted by molar-refractivity contribution is 5.93. The quantitative estimate of drug-likeness (QED) is 0.483. The molecule has 0 aliphatic rings. The number of ether oxygens (including phenoxy) is 1. The van der Waals surface area contributed by atoms with Crippen molar-refractivity contribution < 1.29 is 18.3 Å². The van der Waals surface area contributed by atoms with Gasteiger partial charge >= 0.3 is 12.5 Å². The van der Waals surface area contributed by atoms with E-state index in [0.717, 1.165) is 10.1 Å². The number of carbonyl (C=O) groups excluding carboxylic acids is 1. The van der Waals surface area contributed by atoms with E-state index >= 15 is 0 Å². The van der Waals surface area contributed by atoms with E-state index < -0.39 is 18.6 Å². The van der Waals surface area contributed by atoms with Crippen molar-refractivity contribution in [2.45, 2.75) is 33.0 Å². The average molecular weight is 385 g/mol. The van der Waals surface area contributed by atoms with Crippen LogP contribution >= 0.6 is 0 Å². The van der Waals surface area contributed by atoms with E-state index in [0.29, 0.717) is 17.6 Å². The number of hydrogen-bond acceptors (Lipinski definition) is 5. The maximum atomic E-state index is 13.6. The third kappa shape index (κ3) is 2.98. The summed E-state index contributed by atoms with van der Waals surface area (Å²) in [6.45, 7) is 1.31. The van der Waals surface area contributed by atoms with Crippen molar-refractivity contribution >= 4 is 28.0 Å². The summed E-state index contributed by atoms with van der Waals surface area (Å²) in [7, 11) is 0. The van der Waals surface area contributed by atoms with E-state index in [1.165, 1.54) is 6.92 Å². The van der Waals surface area contributed by atoms with Crippen LogP contribution in [0.5, 0.6) is 0 Å². The van der Waals surface area contributed by atoms with Gasteiger partial charge in [0.2, 0.25) is 0 Å². The Balaban J connectivity index is 1.63. The SMILES string of the molecule is CCn1nnc2cc(C(=O)OC(C)c3nc4ccccc4n3C(F)F)ccc21. The van der Waals surface area contributed by atoms with Gasteiger partial charge in [0.1, 0.15) is 5.52 Å². The lowest BCUT2D eigenvalue weighted by molar-refractivity contribution is 0.0233. The number of esters is 1. The Morgan fingerprint density at radius 2 is 1.93 bits per heavy atom. The molecule has 0 amide bonds. The molecule has 2 aromatic heterocycles. The third-order valence-electron chi connectivity index (χ3n) is 4.51. The summed E-state index contributed by atoms with van der Waals surface area (Å²) >= 11 is 0. The number of para-hydroxylation sites is 2. The zero-order chi connectivity index (χ0) is 19.8. The van der Waals surface area contributed by atoms with Crippen molar-refractivity contribution in [3.8, 4) is 0 Å². The van der Waals surface area contributed by atoms with Gasteiger partial charge in [-0.05, 0) is 44.2 Å². The lowest BCUT2D eigenvalue weighted by atomic mass is 10.2. The van der Waals surface area contributed by atoms with Crippen LogP contribution in [0, 0.1) is 0 Å². The molecule has 0 saturated carbocycles. The molecule has 0 bridgehead atoms. The number of aryl methyl sites for hydroxylation is 1. The first-order valence-corrected chi connectivity index (χ1v) is 8.78. The van der Waals surface area contributed by atoms with E-state index in [4.69, 9.17) is 4.74 Å². The van der Waals surface area contributed by atoms with Crippen LogP contribution in [0.1, 0.15) is 42.7 Å². The van der Waals surface area contributed by atoms with Crippen LogP contribution in [0.25, 0.3) is 22.1 Å². The van der Waals surface area contributed by atoms with Crippen LogP contribution in [0.2, 0.25) is 0 Å². The number of imidazole rings is 1. The summed E-state index contributed by atoms with van der Waals surface area (Å²) in [6, 6.07) is 11.5. The summed E-state index contributed by atoms with van der Waals surface area (Å²) in [5.74, 6) is -0.657. The average Bonchev–Trinajstić information content (AvgIpc) is 3.28. The highest BCUT2D eigenvalue weighted by Crippen LogP contribution is 2.28. The summed E-state index contributed by atoms with van der Waals surface area (Å²) < 4.78 is 35.1. The summed E-state index contributed by atoms with van der Waals surface area (Å²) in [4.78, 5) is 16.8. The number of alkyl halides is 2. The molecule has 28 heavy (non-hydrogen) atoms. The highest BCUT2D eigenvalue weighted by Gasteiger charge is 2.25. The number of halogens is 2. The van der Waals surface area contributed by atoms with Crippen LogP contribution in [-0.4, -0.2) is 30.5 Å². The summed E-state index contributed by atoms with van der Waals surface area (Å²) in [5.41, 5.74) is 2.32. The molecule has 0 radical (unpaired) electrons. The van der Waals surface area contributed by atoms with Gasteiger partial charge < -0.3 is 4.74 Å². The van der Waals surface area contributed by atoms with Crippen molar-refractivity contribution in [3.63, 3.8) is 0 Å². The summed E-state index contributed by atoms with van der Waals surface area (Å²) in [6.07, 6.45) is -0.962. The predicted molar refractivity (Wildman–Crippen MR) is 98.0 cm³/mol. The van der Waals surface area contributed by atoms with Gasteiger partial charge in [0.25, 0.3) is 0 Å². The van der Waals surface area contributed by atoms with Gasteiger partial charge in [0.05, 0.1) is 22.1 Å². The molecule has 0 aliphatic carbocycles. The van der Waals surface area contributed by atoms with E-state index in [1.54, 1.807) is 47.1 Å². The van der Waals surface area contributed by atoms with Crippen LogP contribution in [0.3, 0.4) is 0 Å². The molecule has 0 N–H and O–H groups in total. The third-order valence-corrected chi connectivity index (χ3v) is 4.51. The molecule has 144 valence electrons. The van der Waals surface area contributed by atoms with E-state index in [2.05, 4.69) is 15.3 Å². The minimum Gasteiger partial charge on any atom is -0.451 e. The highest BCUT2D eigenvalue weighted by atomic mass is 19.3. The second kappa shape index (κ2) is 6.99. The molecule has 0 fully saturated rings. The van der Waals surface area contributed by atoms with Gasteiger partial charge in [-0.2, -0.15) is 8.78 Å². The Morgan fingerprint density at radius 3 is 2.68 bits per heavy atom. The number of aromatic nitrogens is 5. The normalized spacial score (nSPS) is 12.8. The van der Waals surface area contributed by atoms with Gasteiger partial charge in [-0.15, -0.1) is 5.10 Å². The van der Waals surface area contributed by atoms with Crippen LogP contribution in [0.15, 0.2) is 42.5 Å². The molecular formula is C19H17F2N5O2.